The largest absolute Gasteiger partial charge is 0.494 e. The van der Waals surface area contributed by atoms with E-state index in [2.05, 4.69) is 10.6 Å². The van der Waals surface area contributed by atoms with Crippen LogP contribution in [0.25, 0.3) is 0 Å². The van der Waals surface area contributed by atoms with Crippen molar-refractivity contribution in [2.45, 2.75) is 19.4 Å². The molecule has 1 aliphatic rings. The van der Waals surface area contributed by atoms with Gasteiger partial charge in [0, 0.05) is 18.7 Å². The summed E-state index contributed by atoms with van der Waals surface area (Å²) in [5.41, 5.74) is 0.823. The molecule has 1 atom stereocenters. The average Bonchev–Trinajstić information content (AvgIpc) is 2.88. The van der Waals surface area contributed by atoms with Gasteiger partial charge in [-0.3, -0.25) is 4.79 Å². The fraction of sp³-hybridized carbons (Fsp3) is 0.529. The Balaban J connectivity index is 1.85. The fourth-order valence-electron chi connectivity index (χ4n) is 2.61. The van der Waals surface area contributed by atoms with E-state index in [0.717, 1.165) is 18.0 Å². The molecule has 1 fully saturated rings. The van der Waals surface area contributed by atoms with E-state index in [4.69, 9.17) is 4.74 Å². The SMILES string of the molecule is CCOc1ccc(N2C[C@@H](NC(=O)NCC[NH+](C)C)CC2=O)cc1. The number of hydrogen-bond acceptors (Lipinski definition) is 3. The van der Waals surface area contributed by atoms with Crippen LogP contribution in [0.4, 0.5) is 10.5 Å². The van der Waals surface area contributed by atoms with Crippen LogP contribution in [0.15, 0.2) is 24.3 Å². The molecule has 0 aromatic heterocycles. The Kier molecular flexibility index (Phi) is 6.43. The predicted molar refractivity (Wildman–Crippen MR) is 92.6 cm³/mol. The maximum absolute atomic E-state index is 12.2. The quantitative estimate of drug-likeness (QED) is 0.637. The molecule has 132 valence electrons. The molecule has 0 saturated carbocycles. The Morgan fingerprint density at radius 1 is 1.33 bits per heavy atom. The van der Waals surface area contributed by atoms with Gasteiger partial charge in [-0.15, -0.1) is 0 Å². The van der Waals surface area contributed by atoms with Gasteiger partial charge in [-0.2, -0.15) is 0 Å². The van der Waals surface area contributed by atoms with Gasteiger partial charge >= 0.3 is 6.03 Å². The molecule has 2 rings (SSSR count). The zero-order chi connectivity index (χ0) is 17.5. The molecule has 3 amide bonds. The highest BCUT2D eigenvalue weighted by Gasteiger charge is 2.31. The van der Waals surface area contributed by atoms with Gasteiger partial charge in [-0.05, 0) is 31.2 Å². The van der Waals surface area contributed by atoms with Crippen molar-refractivity contribution >= 4 is 17.6 Å². The summed E-state index contributed by atoms with van der Waals surface area (Å²) in [6.45, 7) is 4.49. The number of carbonyl (C=O) groups excluding carboxylic acids is 2. The third kappa shape index (κ3) is 5.13. The first-order valence-corrected chi connectivity index (χ1v) is 8.36. The van der Waals surface area contributed by atoms with Gasteiger partial charge in [0.15, 0.2) is 0 Å². The molecule has 24 heavy (non-hydrogen) atoms. The number of nitrogens with one attached hydrogen (secondary N) is 3. The number of nitrogens with zero attached hydrogens (tertiary/aromatic N) is 1. The van der Waals surface area contributed by atoms with Crippen molar-refractivity contribution in [2.75, 3.05) is 45.2 Å². The van der Waals surface area contributed by atoms with Crippen LogP contribution in [-0.4, -0.2) is 58.3 Å². The Morgan fingerprint density at radius 3 is 2.67 bits per heavy atom. The summed E-state index contributed by atoms with van der Waals surface area (Å²) < 4.78 is 5.41. The van der Waals surface area contributed by atoms with E-state index >= 15 is 0 Å². The van der Waals surface area contributed by atoms with Crippen molar-refractivity contribution in [3.63, 3.8) is 0 Å². The van der Waals surface area contributed by atoms with Crippen LogP contribution >= 0.6 is 0 Å². The number of carbonyl (C=O) groups is 2. The number of rotatable bonds is 7. The van der Waals surface area contributed by atoms with Crippen LogP contribution < -0.4 is 25.2 Å². The van der Waals surface area contributed by atoms with Crippen molar-refractivity contribution in [3.05, 3.63) is 24.3 Å². The summed E-state index contributed by atoms with van der Waals surface area (Å²) in [4.78, 5) is 27.0. The van der Waals surface area contributed by atoms with Gasteiger partial charge in [0.2, 0.25) is 5.91 Å². The smallest absolute Gasteiger partial charge is 0.315 e. The van der Waals surface area contributed by atoms with E-state index in [1.165, 1.54) is 4.90 Å². The zero-order valence-corrected chi connectivity index (χ0v) is 14.6. The number of ether oxygens (including phenoxy) is 1. The lowest BCUT2D eigenvalue weighted by molar-refractivity contribution is -0.856. The second-order valence-corrected chi connectivity index (χ2v) is 6.19. The molecular weight excluding hydrogens is 308 g/mol. The van der Waals surface area contributed by atoms with Crippen molar-refractivity contribution in [1.82, 2.24) is 10.6 Å². The molecule has 0 bridgehead atoms. The van der Waals surface area contributed by atoms with Crippen molar-refractivity contribution in [1.29, 1.82) is 0 Å². The molecule has 0 aliphatic carbocycles. The maximum Gasteiger partial charge on any atom is 0.315 e. The van der Waals surface area contributed by atoms with Gasteiger partial charge in [-0.1, -0.05) is 0 Å². The van der Waals surface area contributed by atoms with Crippen LogP contribution in [0, 0.1) is 0 Å². The third-order valence-corrected chi connectivity index (χ3v) is 3.83. The van der Waals surface area contributed by atoms with Gasteiger partial charge in [0.1, 0.15) is 5.75 Å². The minimum Gasteiger partial charge on any atom is -0.494 e. The lowest BCUT2D eigenvalue weighted by atomic mass is 10.2. The minimum absolute atomic E-state index is 0.0159. The standard InChI is InChI=1S/C17H26N4O3/c1-4-24-15-7-5-14(6-8-15)21-12-13(11-16(21)22)19-17(23)18-9-10-20(2)3/h5-8,13H,4,9-12H2,1-3H3,(H2,18,19,23)/p+1/t13-/m0/s1. The summed E-state index contributed by atoms with van der Waals surface area (Å²) >= 11 is 0. The van der Waals surface area contributed by atoms with Crippen molar-refractivity contribution in [2.24, 2.45) is 0 Å². The van der Waals surface area contributed by atoms with Gasteiger partial charge < -0.3 is 25.2 Å². The molecule has 1 heterocycles. The molecule has 1 saturated heterocycles. The van der Waals surface area contributed by atoms with Crippen LogP contribution in [0.2, 0.25) is 0 Å². The number of likely N-dealkylation sites (N-methyl/N-ethyl adjacent to an activating group) is 1. The van der Waals surface area contributed by atoms with Crippen LogP contribution in [-0.2, 0) is 4.79 Å². The topological polar surface area (TPSA) is 75.1 Å². The number of benzene rings is 1. The molecule has 3 N–H and O–H groups in total. The highest BCUT2D eigenvalue weighted by Crippen LogP contribution is 2.24. The molecule has 7 nitrogen and oxygen atoms in total. The van der Waals surface area contributed by atoms with E-state index < -0.39 is 0 Å². The lowest BCUT2D eigenvalue weighted by Gasteiger charge is -2.18. The first-order chi connectivity index (χ1) is 11.5. The monoisotopic (exact) mass is 335 g/mol. The molecule has 0 radical (unpaired) electrons. The Labute approximate surface area is 142 Å². The Hall–Kier alpha value is -2.28. The molecule has 1 aromatic carbocycles. The van der Waals surface area contributed by atoms with E-state index in [1.807, 2.05) is 45.3 Å². The second kappa shape index (κ2) is 8.54. The second-order valence-electron chi connectivity index (χ2n) is 6.19. The normalized spacial score (nSPS) is 17.2. The summed E-state index contributed by atoms with van der Waals surface area (Å²) in [7, 11) is 4.06. The summed E-state index contributed by atoms with van der Waals surface area (Å²) in [5.74, 6) is 0.798. The molecule has 7 heteroatoms. The van der Waals surface area contributed by atoms with Gasteiger partial charge in [0.25, 0.3) is 0 Å². The molecular formula is C17H27N4O3+. The lowest BCUT2D eigenvalue weighted by Crippen LogP contribution is -3.06. The van der Waals surface area contributed by atoms with Crippen LogP contribution in [0.1, 0.15) is 13.3 Å². The number of hydrogen-bond donors (Lipinski definition) is 3. The number of anilines is 1. The summed E-state index contributed by atoms with van der Waals surface area (Å²) in [5, 5.41) is 5.68. The molecule has 1 aliphatic heterocycles. The van der Waals surface area contributed by atoms with E-state index in [1.54, 1.807) is 4.90 Å². The average molecular weight is 335 g/mol. The Bertz CT molecular complexity index is 559. The van der Waals surface area contributed by atoms with E-state index in [9.17, 15) is 9.59 Å². The minimum atomic E-state index is -0.220. The first-order valence-electron chi connectivity index (χ1n) is 8.36. The summed E-state index contributed by atoms with van der Waals surface area (Å²) in [6.07, 6.45) is 0.319. The number of quaternary nitrogens is 1. The Morgan fingerprint density at radius 2 is 2.04 bits per heavy atom. The van der Waals surface area contributed by atoms with Crippen LogP contribution in [0.5, 0.6) is 5.75 Å². The summed E-state index contributed by atoms with van der Waals surface area (Å²) in [6, 6.07) is 7.04. The molecule has 0 spiro atoms. The van der Waals surface area contributed by atoms with Crippen LogP contribution in [0.3, 0.4) is 0 Å². The highest BCUT2D eigenvalue weighted by molar-refractivity contribution is 5.96. The first kappa shape index (κ1) is 18.1. The highest BCUT2D eigenvalue weighted by atomic mass is 16.5. The molecule has 0 unspecified atom stereocenters. The predicted octanol–water partition coefficient (Wildman–Crippen LogP) is -0.366. The van der Waals surface area contributed by atoms with Gasteiger partial charge in [-0.25, -0.2) is 4.79 Å². The van der Waals surface area contributed by atoms with Crippen molar-refractivity contribution < 1.29 is 19.2 Å². The third-order valence-electron chi connectivity index (χ3n) is 3.83. The maximum atomic E-state index is 12.2. The number of amides is 3. The fourth-order valence-corrected chi connectivity index (χ4v) is 2.61. The van der Waals surface area contributed by atoms with Crippen molar-refractivity contribution in [3.8, 4) is 5.75 Å². The van der Waals surface area contributed by atoms with Gasteiger partial charge in [0.05, 0.1) is 39.8 Å². The van der Waals surface area contributed by atoms with E-state index in [-0.39, 0.29) is 18.0 Å². The number of urea groups is 1. The molecule has 1 aromatic rings. The zero-order valence-electron chi connectivity index (χ0n) is 14.6. The van der Waals surface area contributed by atoms with E-state index in [0.29, 0.717) is 26.1 Å².